The van der Waals surface area contributed by atoms with Gasteiger partial charge in [-0.15, -0.1) is 0 Å². The molecule has 3 heteroatoms. The van der Waals surface area contributed by atoms with Crippen LogP contribution in [0.25, 0.3) is 0 Å². The lowest BCUT2D eigenvalue weighted by Gasteiger charge is -2.44. The number of benzene rings is 1. The average molecular weight is 223 g/mol. The van der Waals surface area contributed by atoms with Crippen molar-refractivity contribution >= 4 is 0 Å². The molecule has 16 heavy (non-hydrogen) atoms. The van der Waals surface area contributed by atoms with Crippen molar-refractivity contribution in [1.82, 2.24) is 5.32 Å². The van der Waals surface area contributed by atoms with E-state index in [0.29, 0.717) is 12.8 Å². The lowest BCUT2D eigenvalue weighted by molar-refractivity contribution is 0.0940. The number of hydrogen-bond acceptors (Lipinski definition) is 2. The summed E-state index contributed by atoms with van der Waals surface area (Å²) in [5, 5.41) is 3.16. The predicted molar refractivity (Wildman–Crippen MR) is 62.7 cm³/mol. The molecule has 1 aromatic rings. The fourth-order valence-electron chi connectivity index (χ4n) is 2.55. The number of hydrogen-bond donors (Lipinski definition) is 1. The van der Waals surface area contributed by atoms with E-state index >= 15 is 0 Å². The largest absolute Gasteiger partial charge is 0.497 e. The Labute approximate surface area is 95.8 Å². The fraction of sp³-hybridized carbons (Fsp3) is 0.538. The van der Waals surface area contributed by atoms with Crippen molar-refractivity contribution in [3.8, 4) is 5.75 Å². The van der Waals surface area contributed by atoms with Crippen LogP contribution in [-0.4, -0.2) is 26.9 Å². The van der Waals surface area contributed by atoms with Gasteiger partial charge in [0.15, 0.2) is 0 Å². The molecule has 2 rings (SSSR count). The van der Waals surface area contributed by atoms with Gasteiger partial charge in [0.05, 0.1) is 7.11 Å². The molecule has 1 aromatic carbocycles. The SMILES string of the molecule is CNCC1(c2ccc(OC)cc2)CC(F)C1. The van der Waals surface area contributed by atoms with Crippen LogP contribution >= 0.6 is 0 Å². The van der Waals surface area contributed by atoms with E-state index in [1.54, 1.807) is 7.11 Å². The monoisotopic (exact) mass is 223 g/mol. The first-order chi connectivity index (χ1) is 7.70. The van der Waals surface area contributed by atoms with Crippen LogP contribution < -0.4 is 10.1 Å². The zero-order valence-corrected chi connectivity index (χ0v) is 9.79. The Morgan fingerprint density at radius 3 is 2.44 bits per heavy atom. The molecule has 0 radical (unpaired) electrons. The molecule has 1 N–H and O–H groups in total. The maximum absolute atomic E-state index is 13.1. The summed E-state index contributed by atoms with van der Waals surface area (Å²) < 4.78 is 18.2. The van der Waals surface area contributed by atoms with Crippen LogP contribution in [0.4, 0.5) is 4.39 Å². The smallest absolute Gasteiger partial charge is 0.118 e. The van der Waals surface area contributed by atoms with Crippen molar-refractivity contribution in [3.63, 3.8) is 0 Å². The molecule has 0 heterocycles. The second kappa shape index (κ2) is 4.42. The molecular formula is C13H18FNO. The molecule has 0 atom stereocenters. The van der Waals surface area contributed by atoms with E-state index in [0.717, 1.165) is 12.3 Å². The van der Waals surface area contributed by atoms with E-state index in [2.05, 4.69) is 5.32 Å². The molecule has 1 fully saturated rings. The molecule has 88 valence electrons. The molecule has 0 aromatic heterocycles. The third-order valence-corrected chi connectivity index (χ3v) is 3.44. The second-order valence-electron chi connectivity index (χ2n) is 4.54. The maximum Gasteiger partial charge on any atom is 0.118 e. The van der Waals surface area contributed by atoms with Crippen LogP contribution in [-0.2, 0) is 5.41 Å². The lowest BCUT2D eigenvalue weighted by atomic mass is 9.63. The summed E-state index contributed by atoms with van der Waals surface area (Å²) in [4.78, 5) is 0. The number of nitrogens with one attached hydrogen (secondary N) is 1. The van der Waals surface area contributed by atoms with Crippen LogP contribution in [0.3, 0.4) is 0 Å². The minimum absolute atomic E-state index is 0.0135. The quantitative estimate of drug-likeness (QED) is 0.845. The molecule has 2 nitrogen and oxygen atoms in total. The number of methoxy groups -OCH3 is 1. The molecule has 1 saturated carbocycles. The van der Waals surface area contributed by atoms with Gasteiger partial charge >= 0.3 is 0 Å². The maximum atomic E-state index is 13.1. The zero-order chi connectivity index (χ0) is 11.6. The van der Waals surface area contributed by atoms with Crippen molar-refractivity contribution in [1.29, 1.82) is 0 Å². The third kappa shape index (κ3) is 1.92. The van der Waals surface area contributed by atoms with Gasteiger partial charge in [0.1, 0.15) is 11.9 Å². The van der Waals surface area contributed by atoms with Gasteiger partial charge in [0, 0.05) is 12.0 Å². The average Bonchev–Trinajstić information content (AvgIpc) is 2.27. The Kier molecular flexibility index (Phi) is 3.15. The Hall–Kier alpha value is -1.09. The minimum Gasteiger partial charge on any atom is -0.497 e. The topological polar surface area (TPSA) is 21.3 Å². The first-order valence-electron chi connectivity index (χ1n) is 5.63. The van der Waals surface area contributed by atoms with Crippen LogP contribution in [0.5, 0.6) is 5.75 Å². The standard InChI is InChI=1S/C13H18FNO/c1-15-9-13(7-11(14)8-13)10-3-5-12(16-2)6-4-10/h3-6,11,15H,7-9H2,1-2H3. The van der Waals surface area contributed by atoms with Crippen LogP contribution in [0, 0.1) is 0 Å². The van der Waals surface area contributed by atoms with Gasteiger partial charge in [0.2, 0.25) is 0 Å². The lowest BCUT2D eigenvalue weighted by Crippen LogP contribution is -2.49. The summed E-state index contributed by atoms with van der Waals surface area (Å²) in [6.45, 7) is 0.833. The van der Waals surface area contributed by atoms with Crippen LogP contribution in [0.1, 0.15) is 18.4 Å². The van der Waals surface area contributed by atoms with Crippen LogP contribution in [0.2, 0.25) is 0 Å². The fourth-order valence-corrected chi connectivity index (χ4v) is 2.55. The molecule has 0 saturated heterocycles. The Morgan fingerprint density at radius 2 is 2.00 bits per heavy atom. The van der Waals surface area contributed by atoms with E-state index in [1.807, 2.05) is 31.3 Å². The molecule has 0 spiro atoms. The number of alkyl halides is 1. The molecule has 0 aliphatic heterocycles. The van der Waals surface area contributed by atoms with Gasteiger partial charge in [-0.1, -0.05) is 12.1 Å². The van der Waals surface area contributed by atoms with E-state index < -0.39 is 6.17 Å². The summed E-state index contributed by atoms with van der Waals surface area (Å²) in [5.74, 6) is 0.847. The van der Waals surface area contributed by atoms with E-state index in [1.165, 1.54) is 5.56 Å². The minimum atomic E-state index is -0.643. The van der Waals surface area contributed by atoms with Gasteiger partial charge in [-0.3, -0.25) is 0 Å². The molecule has 0 unspecified atom stereocenters. The summed E-state index contributed by atoms with van der Waals surface area (Å²) >= 11 is 0. The number of likely N-dealkylation sites (N-methyl/N-ethyl adjacent to an activating group) is 1. The number of rotatable bonds is 4. The highest BCUT2D eigenvalue weighted by atomic mass is 19.1. The Bertz CT molecular complexity index is 338. The van der Waals surface area contributed by atoms with Gasteiger partial charge in [-0.2, -0.15) is 0 Å². The molecule has 0 amide bonds. The summed E-state index contributed by atoms with van der Waals surface area (Å²) in [7, 11) is 3.57. The third-order valence-electron chi connectivity index (χ3n) is 3.44. The second-order valence-corrected chi connectivity index (χ2v) is 4.54. The first-order valence-corrected chi connectivity index (χ1v) is 5.63. The highest BCUT2D eigenvalue weighted by Crippen LogP contribution is 2.45. The van der Waals surface area contributed by atoms with Gasteiger partial charge < -0.3 is 10.1 Å². The van der Waals surface area contributed by atoms with Gasteiger partial charge in [-0.25, -0.2) is 4.39 Å². The summed E-state index contributed by atoms with van der Waals surface area (Å²) in [5.41, 5.74) is 1.19. The van der Waals surface area contributed by atoms with Crippen molar-refractivity contribution in [2.24, 2.45) is 0 Å². The molecule has 0 bridgehead atoms. The summed E-state index contributed by atoms with van der Waals surface area (Å²) in [6.07, 6.45) is 0.607. The Morgan fingerprint density at radius 1 is 1.38 bits per heavy atom. The highest BCUT2D eigenvalue weighted by molar-refractivity contribution is 5.35. The van der Waals surface area contributed by atoms with Gasteiger partial charge in [-0.05, 0) is 37.6 Å². The van der Waals surface area contributed by atoms with Crippen molar-refractivity contribution in [3.05, 3.63) is 29.8 Å². The van der Waals surface area contributed by atoms with Crippen LogP contribution in [0.15, 0.2) is 24.3 Å². The molecule has 1 aliphatic rings. The van der Waals surface area contributed by atoms with Crippen molar-refractivity contribution in [2.75, 3.05) is 20.7 Å². The van der Waals surface area contributed by atoms with Crippen molar-refractivity contribution in [2.45, 2.75) is 24.4 Å². The van der Waals surface area contributed by atoms with Gasteiger partial charge in [0.25, 0.3) is 0 Å². The van der Waals surface area contributed by atoms with Crippen molar-refractivity contribution < 1.29 is 9.13 Å². The zero-order valence-electron chi connectivity index (χ0n) is 9.79. The number of halogens is 1. The van der Waals surface area contributed by atoms with E-state index in [9.17, 15) is 4.39 Å². The molecular weight excluding hydrogens is 205 g/mol. The number of ether oxygens (including phenoxy) is 1. The normalized spacial score (nSPS) is 28.6. The van der Waals surface area contributed by atoms with E-state index in [-0.39, 0.29) is 5.41 Å². The first kappa shape index (κ1) is 11.4. The van der Waals surface area contributed by atoms with E-state index in [4.69, 9.17) is 4.74 Å². The Balaban J connectivity index is 2.19. The highest BCUT2D eigenvalue weighted by Gasteiger charge is 2.45. The predicted octanol–water partition coefficient (Wildman–Crippen LogP) is 2.28. The summed E-state index contributed by atoms with van der Waals surface area (Å²) in [6, 6.07) is 7.97. The molecule has 1 aliphatic carbocycles.